The van der Waals surface area contributed by atoms with E-state index in [1.54, 1.807) is 18.2 Å². The molecule has 0 bridgehead atoms. The van der Waals surface area contributed by atoms with Crippen molar-refractivity contribution >= 4 is 27.9 Å². The van der Waals surface area contributed by atoms with Gasteiger partial charge >= 0.3 is 5.97 Å². The number of pyridine rings is 2. The molecule has 226 valence electrons. The SMILES string of the molecule is CN1CC=NC1c1cc(S(=O)(=O)c2ccc(C(=O)O)cn2)ccc1Oc1c(F)cnc(Oc2cc(C(=N)N)ccc2O)c1F. The highest BCUT2D eigenvalue weighted by Gasteiger charge is 2.29. The number of carboxylic acids is 1. The van der Waals surface area contributed by atoms with Crippen molar-refractivity contribution in [3.8, 4) is 28.9 Å². The Morgan fingerprint density at radius 1 is 1.05 bits per heavy atom. The topological polar surface area (TPSA) is 201 Å². The molecule has 0 radical (unpaired) electrons. The van der Waals surface area contributed by atoms with E-state index in [-0.39, 0.29) is 38.9 Å². The number of amidine groups is 1. The van der Waals surface area contributed by atoms with Crippen LogP contribution in [0.2, 0.25) is 0 Å². The van der Waals surface area contributed by atoms with Crippen molar-refractivity contribution in [2.24, 2.45) is 10.7 Å². The summed E-state index contributed by atoms with van der Waals surface area (Å²) in [5.74, 6) is -6.84. The van der Waals surface area contributed by atoms with Gasteiger partial charge in [0.25, 0.3) is 5.88 Å². The summed E-state index contributed by atoms with van der Waals surface area (Å²) in [5, 5.41) is 26.4. The zero-order valence-electron chi connectivity index (χ0n) is 22.6. The van der Waals surface area contributed by atoms with Gasteiger partial charge in [-0.2, -0.15) is 4.39 Å². The number of ether oxygens (including phenoxy) is 2. The number of nitrogens with zero attached hydrogens (tertiary/aromatic N) is 4. The molecule has 44 heavy (non-hydrogen) atoms. The lowest BCUT2D eigenvalue weighted by Crippen LogP contribution is -2.20. The average molecular weight is 625 g/mol. The van der Waals surface area contributed by atoms with Crippen LogP contribution in [0.1, 0.15) is 27.7 Å². The second kappa shape index (κ2) is 11.7. The Morgan fingerprint density at radius 2 is 1.80 bits per heavy atom. The number of phenols is 1. The molecule has 1 unspecified atom stereocenters. The van der Waals surface area contributed by atoms with Crippen LogP contribution >= 0.6 is 0 Å². The predicted octanol–water partition coefficient (Wildman–Crippen LogP) is 3.87. The van der Waals surface area contributed by atoms with Crippen LogP contribution in [0.15, 0.2) is 75.8 Å². The summed E-state index contributed by atoms with van der Waals surface area (Å²) < 4.78 is 68.2. The molecule has 2 aromatic carbocycles. The fourth-order valence-electron chi connectivity index (χ4n) is 4.16. The monoisotopic (exact) mass is 624 g/mol. The first-order chi connectivity index (χ1) is 20.9. The van der Waals surface area contributed by atoms with Gasteiger partial charge in [0.1, 0.15) is 17.8 Å². The molecule has 0 spiro atoms. The van der Waals surface area contributed by atoms with Gasteiger partial charge in [0.2, 0.25) is 21.4 Å². The number of benzene rings is 2. The van der Waals surface area contributed by atoms with Gasteiger partial charge < -0.3 is 25.4 Å². The smallest absolute Gasteiger partial charge is 0.337 e. The molecule has 0 fully saturated rings. The third-order valence-corrected chi connectivity index (χ3v) is 8.12. The second-order valence-corrected chi connectivity index (χ2v) is 11.3. The molecule has 3 heterocycles. The molecule has 1 aliphatic rings. The van der Waals surface area contributed by atoms with Crippen LogP contribution < -0.4 is 15.2 Å². The van der Waals surface area contributed by atoms with Crippen molar-refractivity contribution in [3.05, 3.63) is 89.2 Å². The Hall–Kier alpha value is -5.48. The lowest BCUT2D eigenvalue weighted by molar-refractivity contribution is 0.0696. The first-order valence-electron chi connectivity index (χ1n) is 12.5. The molecule has 4 aromatic rings. The Labute approximate surface area is 248 Å². The molecule has 1 aliphatic heterocycles. The molecule has 5 rings (SSSR count). The first-order valence-corrected chi connectivity index (χ1v) is 14.0. The zero-order chi connectivity index (χ0) is 31.8. The van der Waals surface area contributed by atoms with E-state index < -0.39 is 56.0 Å². The Kier molecular flexibility index (Phi) is 7.95. The molecular formula is C28H22F2N6O7S. The summed E-state index contributed by atoms with van der Waals surface area (Å²) in [6.45, 7) is 0.387. The maximum absolute atomic E-state index is 15.6. The maximum atomic E-state index is 15.6. The van der Waals surface area contributed by atoms with E-state index in [1.807, 2.05) is 0 Å². The van der Waals surface area contributed by atoms with E-state index >= 15 is 4.39 Å². The van der Waals surface area contributed by atoms with Crippen LogP contribution in [0.25, 0.3) is 0 Å². The fraction of sp³-hybridized carbons (Fsp3) is 0.107. The number of nitrogen functional groups attached to an aromatic ring is 1. The fourth-order valence-corrected chi connectivity index (χ4v) is 5.37. The minimum atomic E-state index is -4.27. The molecular weight excluding hydrogens is 602 g/mol. The maximum Gasteiger partial charge on any atom is 0.337 e. The van der Waals surface area contributed by atoms with Crippen molar-refractivity contribution < 1.29 is 41.7 Å². The first kappa shape index (κ1) is 30.0. The van der Waals surface area contributed by atoms with Gasteiger partial charge in [0.05, 0.1) is 16.7 Å². The average Bonchev–Trinajstić information content (AvgIpc) is 3.43. The summed E-state index contributed by atoms with van der Waals surface area (Å²) >= 11 is 0. The number of nitrogens with one attached hydrogen (secondary N) is 1. The van der Waals surface area contributed by atoms with Crippen molar-refractivity contribution in [2.75, 3.05) is 13.6 Å². The number of aliphatic imine (C=N–C) groups is 1. The molecule has 13 nitrogen and oxygen atoms in total. The number of aromatic carboxylic acids is 1. The molecule has 5 N–H and O–H groups in total. The largest absolute Gasteiger partial charge is 0.504 e. The molecule has 0 saturated carbocycles. The van der Waals surface area contributed by atoms with E-state index in [0.717, 1.165) is 30.5 Å². The highest BCUT2D eigenvalue weighted by molar-refractivity contribution is 7.91. The Bertz CT molecular complexity index is 1940. The number of hydrogen-bond acceptors (Lipinski definition) is 11. The number of halogens is 2. The molecule has 0 aliphatic carbocycles. The van der Waals surface area contributed by atoms with E-state index in [2.05, 4.69) is 15.0 Å². The normalized spacial score (nSPS) is 14.8. The van der Waals surface area contributed by atoms with Gasteiger partial charge in [-0.25, -0.2) is 27.6 Å². The number of aromatic hydroxyl groups is 1. The third-order valence-electron chi connectivity index (χ3n) is 6.45. The lowest BCUT2D eigenvalue weighted by Gasteiger charge is -2.22. The number of rotatable bonds is 9. The van der Waals surface area contributed by atoms with Crippen LogP contribution in [0.3, 0.4) is 0 Å². The van der Waals surface area contributed by atoms with Crippen LogP contribution in [0, 0.1) is 17.0 Å². The molecule has 1 atom stereocenters. The number of sulfone groups is 1. The number of nitrogens with two attached hydrogens (primary N) is 1. The summed E-state index contributed by atoms with van der Waals surface area (Å²) in [7, 11) is -2.58. The van der Waals surface area contributed by atoms with Crippen LogP contribution in [0.4, 0.5) is 8.78 Å². The van der Waals surface area contributed by atoms with Gasteiger partial charge in [0, 0.05) is 30.1 Å². The van der Waals surface area contributed by atoms with Crippen molar-refractivity contribution in [3.63, 3.8) is 0 Å². The summed E-state index contributed by atoms with van der Waals surface area (Å²) in [6.07, 6.45) is 2.32. The van der Waals surface area contributed by atoms with Crippen molar-refractivity contribution in [1.82, 2.24) is 14.9 Å². The molecule has 2 aromatic heterocycles. The van der Waals surface area contributed by atoms with E-state index in [4.69, 9.17) is 25.7 Å². The quantitative estimate of drug-likeness (QED) is 0.156. The van der Waals surface area contributed by atoms with Crippen LogP contribution in [-0.4, -0.2) is 65.1 Å². The molecule has 0 saturated heterocycles. The summed E-state index contributed by atoms with van der Waals surface area (Å²) in [5.41, 5.74) is 5.54. The van der Waals surface area contributed by atoms with Gasteiger partial charge in [-0.15, -0.1) is 0 Å². The minimum absolute atomic E-state index is 0.134. The Morgan fingerprint density at radius 3 is 2.43 bits per heavy atom. The standard InChI is InChI=1S/C28H22F2N6O7S/c1-36-9-8-33-26(36)17-11-16(44(40,41)22-7-3-15(12-34-22)28(38)39)4-6-20(17)42-24-18(29)13-35-27(23(24)30)43-21-10-14(25(31)32)2-5-19(21)37/h2-8,10-13,26,37H,9H2,1H3,(H3,31,32)(H,38,39). The third kappa shape index (κ3) is 5.75. The number of hydrogen-bond donors (Lipinski definition) is 4. The van der Waals surface area contributed by atoms with Gasteiger partial charge in [0.15, 0.2) is 22.3 Å². The summed E-state index contributed by atoms with van der Waals surface area (Å²) in [6, 6.07) is 9.37. The van der Waals surface area contributed by atoms with Gasteiger partial charge in [-0.1, -0.05) is 0 Å². The van der Waals surface area contributed by atoms with E-state index in [0.29, 0.717) is 12.7 Å². The number of carbonyl (C=O) groups is 1. The zero-order valence-corrected chi connectivity index (χ0v) is 23.4. The predicted molar refractivity (Wildman–Crippen MR) is 150 cm³/mol. The number of phenolic OH excluding ortho intramolecular Hbond substituents is 1. The second-order valence-electron chi connectivity index (χ2n) is 9.39. The van der Waals surface area contributed by atoms with Gasteiger partial charge in [-0.3, -0.25) is 15.3 Å². The minimum Gasteiger partial charge on any atom is -0.504 e. The van der Waals surface area contributed by atoms with Gasteiger partial charge in [-0.05, 0) is 55.6 Å². The highest BCUT2D eigenvalue weighted by atomic mass is 32.2. The highest BCUT2D eigenvalue weighted by Crippen LogP contribution is 2.40. The Balaban J connectivity index is 1.54. The van der Waals surface area contributed by atoms with Crippen molar-refractivity contribution in [1.29, 1.82) is 5.41 Å². The van der Waals surface area contributed by atoms with Crippen LogP contribution in [-0.2, 0) is 9.84 Å². The lowest BCUT2D eigenvalue weighted by atomic mass is 10.1. The van der Waals surface area contributed by atoms with E-state index in [1.165, 1.54) is 24.3 Å². The van der Waals surface area contributed by atoms with Crippen LogP contribution in [0.5, 0.6) is 28.9 Å². The molecule has 16 heteroatoms. The number of carboxylic acid groups (broad SMARTS) is 1. The van der Waals surface area contributed by atoms with Crippen molar-refractivity contribution in [2.45, 2.75) is 16.1 Å². The summed E-state index contributed by atoms with van der Waals surface area (Å²) in [4.78, 5) is 24.3. The van der Waals surface area contributed by atoms with E-state index in [9.17, 15) is 22.7 Å². The molecule has 0 amide bonds. The number of aromatic nitrogens is 2.